The zero-order chi connectivity index (χ0) is 33.1. The molecule has 1 N–H and O–H groups in total. The average molecular weight is 657 g/mol. The van der Waals surface area contributed by atoms with Crippen LogP contribution in [0, 0.1) is 0 Å². The van der Waals surface area contributed by atoms with E-state index >= 15 is 0 Å². The van der Waals surface area contributed by atoms with Gasteiger partial charge in [-0.3, -0.25) is 4.55 Å². The minimum Gasteiger partial charge on any atom is -0.282 e. The van der Waals surface area contributed by atoms with E-state index in [2.05, 4.69) is 26.0 Å². The second-order valence-corrected chi connectivity index (χ2v) is 15.7. The minimum absolute atomic E-state index is 0.0100. The lowest BCUT2D eigenvalue weighted by atomic mass is 9.93. The number of hydrogen-bond acceptors (Lipinski definition) is 2. The third kappa shape index (κ3) is 18.8. The summed E-state index contributed by atoms with van der Waals surface area (Å²) >= 11 is 0. The van der Waals surface area contributed by atoms with Crippen molar-refractivity contribution in [2.45, 2.75) is 211 Å². The molecule has 0 saturated carbocycles. The van der Waals surface area contributed by atoms with E-state index in [9.17, 15) is 13.0 Å². The molecule has 0 aliphatic heterocycles. The summed E-state index contributed by atoms with van der Waals surface area (Å²) in [4.78, 5) is 0.0100. The quantitative estimate of drug-likeness (QED) is 0.0649. The van der Waals surface area contributed by atoms with Gasteiger partial charge in [-0.1, -0.05) is 199 Å². The van der Waals surface area contributed by atoms with E-state index in [-0.39, 0.29) is 4.90 Å². The molecule has 0 heterocycles. The highest BCUT2D eigenvalue weighted by molar-refractivity contribution is 7.85. The number of unbranched alkanes of at least 4 members (excludes halogenated alkanes) is 26. The standard InChI is InChI=1S/C42H72O3S/c1-3-5-7-9-11-13-15-17-19-21-23-25-27-29-31-38-33-34-39(42-37-40(46(43,44)45)35-36-41(38)42)32-30-28-26-24-22-20-18-16-14-12-10-8-6-4-2/h33-37H,3-32H2,1-2H3,(H,43,44,45). The van der Waals surface area contributed by atoms with Crippen LogP contribution in [-0.4, -0.2) is 13.0 Å². The van der Waals surface area contributed by atoms with Crippen LogP contribution < -0.4 is 0 Å². The van der Waals surface area contributed by atoms with Crippen molar-refractivity contribution in [2.75, 3.05) is 0 Å². The topological polar surface area (TPSA) is 54.4 Å². The molecule has 0 aliphatic carbocycles. The van der Waals surface area contributed by atoms with Gasteiger partial charge in [0.1, 0.15) is 0 Å². The normalized spacial score (nSPS) is 12.0. The fourth-order valence-corrected chi connectivity index (χ4v) is 7.57. The SMILES string of the molecule is CCCCCCCCCCCCCCCCc1ccc(CCCCCCCCCCCCCCCC)c2cc(S(=O)(=O)O)ccc12. The molecule has 46 heavy (non-hydrogen) atoms. The first-order valence-corrected chi connectivity index (χ1v) is 21.4. The molecular formula is C42H72O3S. The first kappa shape index (κ1) is 40.8. The maximum atomic E-state index is 11.9. The molecule has 2 aromatic rings. The molecule has 264 valence electrons. The Balaban J connectivity index is 1.68. The van der Waals surface area contributed by atoms with Gasteiger partial charge in [0.05, 0.1) is 4.90 Å². The van der Waals surface area contributed by atoms with Crippen LogP contribution in [0.3, 0.4) is 0 Å². The number of fused-ring (bicyclic) bond motifs is 1. The van der Waals surface area contributed by atoms with Gasteiger partial charge in [0.25, 0.3) is 10.1 Å². The summed E-state index contributed by atoms with van der Waals surface area (Å²) in [5, 5.41) is 2.16. The fourth-order valence-electron chi connectivity index (χ4n) is 7.07. The summed E-state index contributed by atoms with van der Waals surface area (Å²) in [6.45, 7) is 4.56. The van der Waals surface area contributed by atoms with E-state index in [0.29, 0.717) is 0 Å². The molecule has 0 atom stereocenters. The highest BCUT2D eigenvalue weighted by Crippen LogP contribution is 2.29. The molecule has 2 aromatic carbocycles. The molecule has 0 spiro atoms. The van der Waals surface area contributed by atoms with Gasteiger partial charge in [-0.05, 0) is 59.7 Å². The number of rotatable bonds is 31. The van der Waals surface area contributed by atoms with Gasteiger partial charge in [0.2, 0.25) is 0 Å². The van der Waals surface area contributed by atoms with Gasteiger partial charge < -0.3 is 0 Å². The highest BCUT2D eigenvalue weighted by Gasteiger charge is 2.13. The minimum atomic E-state index is -4.22. The number of hydrogen-bond donors (Lipinski definition) is 1. The molecular weight excluding hydrogens is 585 g/mol. The van der Waals surface area contributed by atoms with Crippen LogP contribution in [0.25, 0.3) is 10.8 Å². The average Bonchev–Trinajstić information content (AvgIpc) is 3.05. The largest absolute Gasteiger partial charge is 0.294 e. The Labute approximate surface area is 285 Å². The molecule has 2 rings (SSSR count). The molecule has 0 aromatic heterocycles. The first-order chi connectivity index (χ1) is 22.5. The molecule has 4 heteroatoms. The zero-order valence-electron chi connectivity index (χ0n) is 30.3. The summed E-state index contributed by atoms with van der Waals surface area (Å²) in [6.07, 6.45) is 39.9. The van der Waals surface area contributed by atoms with Gasteiger partial charge in [-0.2, -0.15) is 8.42 Å². The number of aryl methyl sites for hydroxylation is 2. The van der Waals surface area contributed by atoms with Crippen LogP contribution in [0.4, 0.5) is 0 Å². The Morgan fingerprint density at radius 3 is 1.04 bits per heavy atom. The van der Waals surface area contributed by atoms with Crippen molar-refractivity contribution in [3.05, 3.63) is 41.5 Å². The molecule has 0 radical (unpaired) electrons. The van der Waals surface area contributed by atoms with E-state index in [1.165, 1.54) is 184 Å². The van der Waals surface area contributed by atoms with Crippen LogP contribution in [0.1, 0.15) is 205 Å². The smallest absolute Gasteiger partial charge is 0.282 e. The van der Waals surface area contributed by atoms with Gasteiger partial charge in [-0.15, -0.1) is 0 Å². The van der Waals surface area contributed by atoms with Crippen molar-refractivity contribution < 1.29 is 13.0 Å². The highest BCUT2D eigenvalue weighted by atomic mass is 32.2. The van der Waals surface area contributed by atoms with Crippen molar-refractivity contribution in [2.24, 2.45) is 0 Å². The van der Waals surface area contributed by atoms with Crippen molar-refractivity contribution in [1.82, 2.24) is 0 Å². The lowest BCUT2D eigenvalue weighted by molar-refractivity contribution is 0.483. The fraction of sp³-hybridized carbons (Fsp3) is 0.762. The Kier molecular flexibility index (Phi) is 23.5. The van der Waals surface area contributed by atoms with Gasteiger partial charge in [0.15, 0.2) is 0 Å². The van der Waals surface area contributed by atoms with E-state index in [1.54, 1.807) is 12.1 Å². The van der Waals surface area contributed by atoms with E-state index in [1.807, 2.05) is 6.07 Å². The summed E-state index contributed by atoms with van der Waals surface area (Å²) in [6, 6.07) is 9.70. The summed E-state index contributed by atoms with van der Waals surface area (Å²) in [5.74, 6) is 0. The second kappa shape index (κ2) is 26.6. The molecule has 0 fully saturated rings. The molecule has 0 bridgehead atoms. The lowest BCUT2D eigenvalue weighted by Gasteiger charge is -2.13. The number of benzene rings is 2. The monoisotopic (exact) mass is 657 g/mol. The molecule has 0 amide bonds. The molecule has 3 nitrogen and oxygen atoms in total. The molecule has 0 aliphatic rings. The van der Waals surface area contributed by atoms with Crippen molar-refractivity contribution >= 4 is 20.9 Å². The van der Waals surface area contributed by atoms with Crippen molar-refractivity contribution in [3.63, 3.8) is 0 Å². The maximum Gasteiger partial charge on any atom is 0.294 e. The van der Waals surface area contributed by atoms with Crippen molar-refractivity contribution in [3.8, 4) is 0 Å². The van der Waals surface area contributed by atoms with E-state index in [4.69, 9.17) is 0 Å². The second-order valence-electron chi connectivity index (χ2n) is 14.3. The van der Waals surface area contributed by atoms with Crippen LogP contribution in [0.15, 0.2) is 35.2 Å². The Morgan fingerprint density at radius 1 is 0.413 bits per heavy atom. The Hall–Kier alpha value is -1.39. The Morgan fingerprint density at radius 2 is 0.717 bits per heavy atom. The zero-order valence-corrected chi connectivity index (χ0v) is 31.1. The van der Waals surface area contributed by atoms with E-state index < -0.39 is 10.1 Å². The first-order valence-electron chi connectivity index (χ1n) is 20.0. The van der Waals surface area contributed by atoms with Crippen LogP contribution in [-0.2, 0) is 23.0 Å². The van der Waals surface area contributed by atoms with Crippen molar-refractivity contribution in [1.29, 1.82) is 0 Å². The Bertz CT molecular complexity index is 1120. The predicted octanol–water partition coefficient (Wildman–Crippen LogP) is 14.1. The lowest BCUT2D eigenvalue weighted by Crippen LogP contribution is -2.00. The molecule has 0 unspecified atom stereocenters. The predicted molar refractivity (Wildman–Crippen MR) is 202 cm³/mol. The maximum absolute atomic E-state index is 11.9. The third-order valence-electron chi connectivity index (χ3n) is 10.1. The van der Waals surface area contributed by atoms with E-state index in [0.717, 1.165) is 30.0 Å². The summed E-state index contributed by atoms with van der Waals surface area (Å²) < 4.78 is 33.6. The van der Waals surface area contributed by atoms with Crippen LogP contribution in [0.5, 0.6) is 0 Å². The third-order valence-corrected chi connectivity index (χ3v) is 10.9. The van der Waals surface area contributed by atoms with Gasteiger partial charge >= 0.3 is 0 Å². The van der Waals surface area contributed by atoms with Gasteiger partial charge in [-0.25, -0.2) is 0 Å². The van der Waals surface area contributed by atoms with Crippen LogP contribution in [0.2, 0.25) is 0 Å². The summed E-state index contributed by atoms with van der Waals surface area (Å²) in [5.41, 5.74) is 2.52. The van der Waals surface area contributed by atoms with Gasteiger partial charge in [0, 0.05) is 0 Å². The van der Waals surface area contributed by atoms with Crippen LogP contribution >= 0.6 is 0 Å². The summed E-state index contributed by atoms with van der Waals surface area (Å²) in [7, 11) is -4.22. The molecule has 0 saturated heterocycles.